The van der Waals surface area contributed by atoms with E-state index in [0.717, 1.165) is 5.56 Å². The van der Waals surface area contributed by atoms with Gasteiger partial charge in [0.2, 0.25) is 0 Å². The van der Waals surface area contributed by atoms with Gasteiger partial charge in [-0.25, -0.2) is 9.48 Å². The number of hydrogen-bond donors (Lipinski definition) is 3. The molecule has 8 nitrogen and oxygen atoms in total. The van der Waals surface area contributed by atoms with Gasteiger partial charge in [-0.15, -0.1) is 0 Å². The molecule has 0 spiro atoms. The summed E-state index contributed by atoms with van der Waals surface area (Å²) in [6.45, 7) is -0.102. The maximum atomic E-state index is 13.3. The number of carbonyl (C=O) groups is 2. The maximum Gasteiger partial charge on any atom is 0.326 e. The molecule has 0 saturated carbocycles. The van der Waals surface area contributed by atoms with Crippen LogP contribution in [-0.2, 0) is 24.4 Å². The predicted molar refractivity (Wildman–Crippen MR) is 144 cm³/mol. The average molecular weight is 552 g/mol. The zero-order valence-corrected chi connectivity index (χ0v) is 21.5. The summed E-state index contributed by atoms with van der Waals surface area (Å²) in [5.41, 5.74) is 2.38. The fourth-order valence-corrected chi connectivity index (χ4v) is 4.58. The van der Waals surface area contributed by atoms with E-state index in [2.05, 4.69) is 10.4 Å². The van der Waals surface area contributed by atoms with Gasteiger partial charge >= 0.3 is 5.97 Å². The molecule has 10 heteroatoms. The third kappa shape index (κ3) is 6.11. The van der Waals surface area contributed by atoms with Crippen molar-refractivity contribution in [1.29, 1.82) is 0 Å². The molecule has 0 bridgehead atoms. The molecule has 194 valence electrons. The molecular weight excluding hydrogens is 529 g/mol. The monoisotopic (exact) mass is 551 g/mol. The molecule has 0 saturated heterocycles. The number of aromatic nitrogens is 2. The summed E-state index contributed by atoms with van der Waals surface area (Å²) in [7, 11) is 0. The van der Waals surface area contributed by atoms with E-state index in [-0.39, 0.29) is 40.7 Å². The van der Waals surface area contributed by atoms with Gasteiger partial charge in [0.05, 0.1) is 40.5 Å². The number of halogens is 2. The van der Waals surface area contributed by atoms with Crippen molar-refractivity contribution < 1.29 is 19.8 Å². The van der Waals surface area contributed by atoms with E-state index < -0.39 is 17.9 Å². The molecule has 1 atom stereocenters. The van der Waals surface area contributed by atoms with Gasteiger partial charge in [-0.2, -0.15) is 5.10 Å². The molecule has 0 radical (unpaired) electrons. The molecule has 3 aromatic carbocycles. The molecule has 0 aliphatic heterocycles. The van der Waals surface area contributed by atoms with Crippen LogP contribution in [0.5, 0.6) is 0 Å². The number of rotatable bonds is 9. The molecule has 0 aliphatic carbocycles. The number of hydrogen-bond acceptors (Lipinski definition) is 5. The second kappa shape index (κ2) is 12.0. The molecule has 0 fully saturated rings. The smallest absolute Gasteiger partial charge is 0.326 e. The van der Waals surface area contributed by atoms with E-state index in [1.165, 1.54) is 23.0 Å². The second-order valence-corrected chi connectivity index (χ2v) is 9.33. The fourth-order valence-electron chi connectivity index (χ4n) is 4.01. The number of nitrogens with zero attached hydrogens (tertiary/aromatic N) is 2. The highest BCUT2D eigenvalue weighted by Gasteiger charge is 2.24. The zero-order chi connectivity index (χ0) is 27.2. The van der Waals surface area contributed by atoms with Crippen molar-refractivity contribution in [2.45, 2.75) is 25.6 Å². The highest BCUT2D eigenvalue weighted by Crippen LogP contribution is 2.25. The van der Waals surface area contributed by atoms with Crippen molar-refractivity contribution >= 4 is 35.1 Å². The van der Waals surface area contributed by atoms with Gasteiger partial charge in [-0.05, 0) is 28.8 Å². The van der Waals surface area contributed by atoms with Crippen molar-refractivity contribution in [2.75, 3.05) is 0 Å². The molecule has 0 unspecified atom stereocenters. The Morgan fingerprint density at radius 3 is 2.18 bits per heavy atom. The first kappa shape index (κ1) is 27.1. The Hall–Kier alpha value is -3.98. The molecule has 4 aromatic rings. The Kier molecular flexibility index (Phi) is 8.58. The molecule has 38 heavy (non-hydrogen) atoms. The van der Waals surface area contributed by atoms with Crippen LogP contribution in [0.15, 0.2) is 83.8 Å². The van der Waals surface area contributed by atoms with Crippen molar-refractivity contribution in [2.24, 2.45) is 0 Å². The number of aliphatic hydroxyl groups is 1. The lowest BCUT2D eigenvalue weighted by Crippen LogP contribution is -2.42. The Morgan fingerprint density at radius 2 is 1.58 bits per heavy atom. The first-order chi connectivity index (χ1) is 18.3. The van der Waals surface area contributed by atoms with Crippen LogP contribution in [0, 0.1) is 0 Å². The van der Waals surface area contributed by atoms with Crippen molar-refractivity contribution in [3.8, 4) is 11.1 Å². The highest BCUT2D eigenvalue weighted by molar-refractivity contribution is 6.39. The van der Waals surface area contributed by atoms with Gasteiger partial charge in [0, 0.05) is 12.0 Å². The Bertz CT molecular complexity index is 1500. The van der Waals surface area contributed by atoms with Crippen LogP contribution < -0.4 is 10.9 Å². The summed E-state index contributed by atoms with van der Waals surface area (Å²) in [6.07, 6.45) is 1.44. The molecule has 3 N–H and O–H groups in total. The number of aliphatic carboxylic acids is 1. The number of nitrogens with one attached hydrogen (secondary N) is 1. The molecule has 1 amide bonds. The summed E-state index contributed by atoms with van der Waals surface area (Å²) in [4.78, 5) is 37.8. The van der Waals surface area contributed by atoms with Crippen LogP contribution in [0.4, 0.5) is 0 Å². The normalized spacial score (nSPS) is 11.7. The molecule has 1 aromatic heterocycles. The minimum Gasteiger partial charge on any atom is -0.480 e. The first-order valence-corrected chi connectivity index (χ1v) is 12.3. The van der Waals surface area contributed by atoms with Gasteiger partial charge in [0.25, 0.3) is 11.5 Å². The third-order valence-electron chi connectivity index (χ3n) is 5.94. The fraction of sp³-hybridized carbons (Fsp3) is 0.143. The number of carboxylic acids is 1. The van der Waals surface area contributed by atoms with Crippen molar-refractivity contribution in [3.63, 3.8) is 0 Å². The number of amides is 1. The van der Waals surface area contributed by atoms with Gasteiger partial charge < -0.3 is 15.5 Å². The predicted octanol–water partition coefficient (Wildman–Crippen LogP) is 4.18. The Balaban J connectivity index is 1.57. The van der Waals surface area contributed by atoms with Crippen LogP contribution in [0.25, 0.3) is 11.1 Å². The maximum absolute atomic E-state index is 13.3. The Labute approximate surface area is 228 Å². The van der Waals surface area contributed by atoms with Gasteiger partial charge in [0.15, 0.2) is 0 Å². The molecule has 0 aliphatic rings. The second-order valence-electron chi connectivity index (χ2n) is 8.51. The summed E-state index contributed by atoms with van der Waals surface area (Å²) in [6, 6.07) is 19.4. The van der Waals surface area contributed by atoms with E-state index >= 15 is 0 Å². The van der Waals surface area contributed by atoms with Crippen LogP contribution >= 0.6 is 23.2 Å². The summed E-state index contributed by atoms with van der Waals surface area (Å²) in [5.74, 6) is -1.93. The lowest BCUT2D eigenvalue weighted by atomic mass is 9.99. The van der Waals surface area contributed by atoms with Crippen LogP contribution in [0.3, 0.4) is 0 Å². The minimum atomic E-state index is -1.25. The quantitative estimate of drug-likeness (QED) is 0.287. The van der Waals surface area contributed by atoms with Gasteiger partial charge in [0.1, 0.15) is 6.04 Å². The van der Waals surface area contributed by atoms with Gasteiger partial charge in [-0.3, -0.25) is 9.59 Å². The number of carboxylic acid groups (broad SMARTS) is 1. The van der Waals surface area contributed by atoms with Crippen LogP contribution in [-0.4, -0.2) is 37.9 Å². The summed E-state index contributed by atoms with van der Waals surface area (Å²) in [5, 5.41) is 26.4. The number of benzene rings is 3. The SMILES string of the molecule is O=C(N[C@@H](Cc1ccc(-c2c(CO)cnn(Cc3ccccc3)c2=O)cc1)C(=O)O)c1c(Cl)cccc1Cl. The standard InChI is InChI=1S/C28H23Cl2N3O5/c29-21-7-4-8-22(30)25(21)26(35)32-23(28(37)38)13-17-9-11-19(12-10-17)24-20(16-34)14-31-33(27(24)36)15-18-5-2-1-3-6-18/h1-12,14,23,34H,13,15-16H2,(H,32,35)(H,37,38)/t23-/m0/s1. The first-order valence-electron chi connectivity index (χ1n) is 11.6. The minimum absolute atomic E-state index is 0.00145. The van der Waals surface area contributed by atoms with Crippen molar-refractivity contribution in [3.05, 3.63) is 122 Å². The van der Waals surface area contributed by atoms with Crippen LogP contribution in [0.1, 0.15) is 27.0 Å². The lowest BCUT2D eigenvalue weighted by molar-refractivity contribution is -0.139. The Morgan fingerprint density at radius 1 is 0.921 bits per heavy atom. The van der Waals surface area contributed by atoms with E-state index in [0.29, 0.717) is 22.3 Å². The topological polar surface area (TPSA) is 122 Å². The molecular formula is C28H23Cl2N3O5. The lowest BCUT2D eigenvalue weighted by Gasteiger charge is -2.16. The van der Waals surface area contributed by atoms with Crippen LogP contribution in [0.2, 0.25) is 10.0 Å². The van der Waals surface area contributed by atoms with E-state index in [9.17, 15) is 24.6 Å². The van der Waals surface area contributed by atoms with Gasteiger partial charge in [-0.1, -0.05) is 83.9 Å². The highest BCUT2D eigenvalue weighted by atomic mass is 35.5. The van der Waals surface area contributed by atoms with Crippen molar-refractivity contribution in [1.82, 2.24) is 15.1 Å². The third-order valence-corrected chi connectivity index (χ3v) is 6.57. The van der Waals surface area contributed by atoms with E-state index in [4.69, 9.17) is 23.2 Å². The average Bonchev–Trinajstić information content (AvgIpc) is 2.90. The molecule has 1 heterocycles. The molecule has 4 rings (SSSR count). The van der Waals surface area contributed by atoms with E-state index in [1.54, 1.807) is 30.3 Å². The number of carbonyl (C=O) groups excluding carboxylic acids is 1. The van der Waals surface area contributed by atoms with E-state index in [1.807, 2.05) is 30.3 Å². The largest absolute Gasteiger partial charge is 0.480 e. The zero-order valence-electron chi connectivity index (χ0n) is 20.0. The summed E-state index contributed by atoms with van der Waals surface area (Å²) < 4.78 is 1.33. The number of aliphatic hydroxyl groups excluding tert-OH is 1. The summed E-state index contributed by atoms with van der Waals surface area (Å²) >= 11 is 12.1.